The third kappa shape index (κ3) is 8.12. The van der Waals surface area contributed by atoms with E-state index in [1.165, 1.54) is 16.4 Å². The summed E-state index contributed by atoms with van der Waals surface area (Å²) in [7, 11) is -3.56. The first-order valence-corrected chi connectivity index (χ1v) is 13.9. The van der Waals surface area contributed by atoms with E-state index in [0.717, 1.165) is 43.0 Å². The number of hydrogen-bond donors (Lipinski definition) is 1. The maximum absolute atomic E-state index is 12.9. The number of benzene rings is 2. The molecular weight excluding hydrogens is 504 g/mol. The van der Waals surface area contributed by atoms with Crippen molar-refractivity contribution in [3.05, 3.63) is 52.5 Å². The van der Waals surface area contributed by atoms with Crippen molar-refractivity contribution >= 4 is 37.5 Å². The van der Waals surface area contributed by atoms with Crippen molar-refractivity contribution in [1.29, 1.82) is 0 Å². The van der Waals surface area contributed by atoms with Crippen molar-refractivity contribution in [2.75, 3.05) is 25.0 Å². The average Bonchev–Trinajstić information content (AvgIpc) is 2.80. The van der Waals surface area contributed by atoms with E-state index in [2.05, 4.69) is 28.2 Å². The van der Waals surface area contributed by atoms with Gasteiger partial charge in [0, 0.05) is 23.2 Å². The lowest BCUT2D eigenvalue weighted by Crippen LogP contribution is -2.32. The molecule has 2 aromatic rings. The number of carbonyl (C=O) groups excluding carboxylic acids is 1. The number of ether oxygens (including phenoxy) is 1. The number of halogens is 1. The van der Waals surface area contributed by atoms with Gasteiger partial charge in [-0.15, -0.1) is 0 Å². The first-order valence-electron chi connectivity index (χ1n) is 11.7. The highest BCUT2D eigenvalue weighted by molar-refractivity contribution is 9.10. The molecular formula is C25H35BrN2O4S. The number of unbranched alkanes of at least 4 members (excludes halogenated alkanes) is 3. The Bertz CT molecular complexity index is 988. The molecule has 182 valence electrons. The molecule has 0 radical (unpaired) electrons. The van der Waals surface area contributed by atoms with Gasteiger partial charge in [0.15, 0.2) is 0 Å². The van der Waals surface area contributed by atoms with E-state index in [0.29, 0.717) is 36.7 Å². The van der Waals surface area contributed by atoms with E-state index in [9.17, 15) is 13.2 Å². The smallest absolute Gasteiger partial charge is 0.259 e. The van der Waals surface area contributed by atoms with Gasteiger partial charge >= 0.3 is 0 Å². The highest BCUT2D eigenvalue weighted by atomic mass is 79.9. The van der Waals surface area contributed by atoms with Crippen LogP contribution in [0.5, 0.6) is 5.75 Å². The molecule has 1 N–H and O–H groups in total. The number of rotatable bonds is 14. The van der Waals surface area contributed by atoms with E-state index >= 15 is 0 Å². The molecule has 0 fully saturated rings. The first-order chi connectivity index (χ1) is 15.8. The second-order valence-electron chi connectivity index (χ2n) is 7.93. The Morgan fingerprint density at radius 3 is 2.21 bits per heavy atom. The van der Waals surface area contributed by atoms with E-state index in [-0.39, 0.29) is 10.8 Å². The van der Waals surface area contributed by atoms with Gasteiger partial charge in [-0.25, -0.2) is 8.42 Å². The summed E-state index contributed by atoms with van der Waals surface area (Å²) in [5.74, 6) is 0.218. The fourth-order valence-electron chi connectivity index (χ4n) is 3.43. The van der Waals surface area contributed by atoms with Crippen LogP contribution in [0.3, 0.4) is 0 Å². The van der Waals surface area contributed by atoms with E-state index < -0.39 is 10.0 Å². The third-order valence-electron chi connectivity index (χ3n) is 5.14. The lowest BCUT2D eigenvalue weighted by atomic mass is 10.1. The average molecular weight is 540 g/mol. The van der Waals surface area contributed by atoms with Crippen molar-refractivity contribution < 1.29 is 17.9 Å². The van der Waals surface area contributed by atoms with Gasteiger partial charge in [0.1, 0.15) is 5.75 Å². The quantitative estimate of drug-likeness (QED) is 0.279. The lowest BCUT2D eigenvalue weighted by Gasteiger charge is -2.21. The van der Waals surface area contributed by atoms with Crippen molar-refractivity contribution in [3.8, 4) is 5.75 Å². The van der Waals surface area contributed by atoms with E-state index in [1.807, 2.05) is 19.9 Å². The Balaban J connectivity index is 2.12. The van der Waals surface area contributed by atoms with E-state index in [1.54, 1.807) is 24.3 Å². The van der Waals surface area contributed by atoms with Crippen LogP contribution < -0.4 is 10.1 Å². The first kappa shape index (κ1) is 27.3. The number of amides is 1. The van der Waals surface area contributed by atoms with Gasteiger partial charge in [-0.1, -0.05) is 56.0 Å². The predicted octanol–water partition coefficient (Wildman–Crippen LogP) is 6.47. The van der Waals surface area contributed by atoms with Crippen molar-refractivity contribution in [2.24, 2.45) is 0 Å². The molecule has 0 heterocycles. The Hall–Kier alpha value is -1.90. The fourth-order valence-corrected chi connectivity index (χ4v) is 5.41. The number of anilines is 1. The van der Waals surface area contributed by atoms with Gasteiger partial charge in [-0.2, -0.15) is 4.31 Å². The molecule has 0 aliphatic rings. The maximum Gasteiger partial charge on any atom is 0.259 e. The molecule has 1 amide bonds. The largest absolute Gasteiger partial charge is 0.493 e. The Morgan fingerprint density at radius 2 is 1.61 bits per heavy atom. The molecule has 0 aliphatic heterocycles. The Morgan fingerprint density at radius 1 is 0.939 bits per heavy atom. The summed E-state index contributed by atoms with van der Waals surface area (Å²) >= 11 is 3.42. The molecule has 0 aromatic heterocycles. The molecule has 6 nitrogen and oxygen atoms in total. The van der Waals surface area contributed by atoms with Crippen LogP contribution in [0.4, 0.5) is 5.69 Å². The highest BCUT2D eigenvalue weighted by Crippen LogP contribution is 2.26. The predicted molar refractivity (Wildman–Crippen MR) is 138 cm³/mol. The van der Waals surface area contributed by atoms with Gasteiger partial charge in [0.2, 0.25) is 10.0 Å². The standard InChI is InChI=1S/C25H35BrN2O4S/c1-4-7-8-9-18-32-24-15-10-20(26)19-23(24)25(29)27-21-11-13-22(14-12-21)33(30,31)28(16-5-2)17-6-3/h10-15,19H,4-9,16-18H2,1-3H3,(H,27,29). The molecule has 0 saturated carbocycles. The number of nitrogens with one attached hydrogen (secondary N) is 1. The molecule has 0 bridgehead atoms. The number of hydrogen-bond acceptors (Lipinski definition) is 4. The normalized spacial score (nSPS) is 11.5. The minimum Gasteiger partial charge on any atom is -0.493 e. The summed E-state index contributed by atoms with van der Waals surface area (Å²) in [4.78, 5) is 13.2. The van der Waals surface area contributed by atoms with Crippen LogP contribution in [-0.2, 0) is 10.0 Å². The van der Waals surface area contributed by atoms with Crippen molar-refractivity contribution in [2.45, 2.75) is 64.2 Å². The maximum atomic E-state index is 12.9. The molecule has 0 aliphatic carbocycles. The lowest BCUT2D eigenvalue weighted by molar-refractivity contribution is 0.102. The second-order valence-corrected chi connectivity index (χ2v) is 10.8. The van der Waals surface area contributed by atoms with E-state index in [4.69, 9.17) is 4.74 Å². The van der Waals surface area contributed by atoms with Crippen LogP contribution in [0.15, 0.2) is 51.8 Å². The summed E-state index contributed by atoms with van der Waals surface area (Å²) < 4.78 is 34.0. The minimum absolute atomic E-state index is 0.223. The SMILES string of the molecule is CCCCCCOc1ccc(Br)cc1C(=O)Nc1ccc(S(=O)(=O)N(CCC)CCC)cc1. The molecule has 2 aromatic carbocycles. The van der Waals surface area contributed by atoms with Crippen LogP contribution in [0.25, 0.3) is 0 Å². The molecule has 8 heteroatoms. The molecule has 2 rings (SSSR count). The van der Waals surface area contributed by atoms with Crippen LogP contribution in [0, 0.1) is 0 Å². The Labute approximate surface area is 206 Å². The highest BCUT2D eigenvalue weighted by Gasteiger charge is 2.23. The molecule has 0 spiro atoms. The van der Waals surface area contributed by atoms with Gasteiger partial charge in [0.05, 0.1) is 17.1 Å². The zero-order valence-corrected chi connectivity index (χ0v) is 22.2. The number of nitrogens with zero attached hydrogens (tertiary/aromatic N) is 1. The third-order valence-corrected chi connectivity index (χ3v) is 7.54. The van der Waals surface area contributed by atoms with Gasteiger partial charge in [0.25, 0.3) is 5.91 Å². The molecule has 0 atom stereocenters. The van der Waals surface area contributed by atoms with Crippen LogP contribution in [0.2, 0.25) is 0 Å². The summed E-state index contributed by atoms with van der Waals surface area (Å²) in [6.07, 6.45) is 5.86. The summed E-state index contributed by atoms with van der Waals surface area (Å²) in [5.41, 5.74) is 0.944. The van der Waals surface area contributed by atoms with Crippen molar-refractivity contribution in [3.63, 3.8) is 0 Å². The summed E-state index contributed by atoms with van der Waals surface area (Å²) in [6, 6.07) is 11.7. The van der Waals surface area contributed by atoms with Gasteiger partial charge in [-0.05, 0) is 61.7 Å². The number of sulfonamides is 1. The van der Waals surface area contributed by atoms with Crippen LogP contribution in [0.1, 0.15) is 69.7 Å². The number of carbonyl (C=O) groups is 1. The van der Waals surface area contributed by atoms with Gasteiger partial charge < -0.3 is 10.1 Å². The molecule has 33 heavy (non-hydrogen) atoms. The summed E-state index contributed by atoms with van der Waals surface area (Å²) in [5, 5.41) is 2.85. The monoisotopic (exact) mass is 538 g/mol. The minimum atomic E-state index is -3.56. The summed E-state index contributed by atoms with van der Waals surface area (Å²) in [6.45, 7) is 7.61. The molecule has 0 saturated heterocycles. The van der Waals surface area contributed by atoms with Crippen molar-refractivity contribution in [1.82, 2.24) is 4.31 Å². The Kier molecular flexibility index (Phi) is 11.4. The molecule has 0 unspecified atom stereocenters. The zero-order valence-electron chi connectivity index (χ0n) is 19.8. The fraction of sp³-hybridized carbons (Fsp3) is 0.480. The zero-order chi connectivity index (χ0) is 24.3. The van der Waals surface area contributed by atoms with Gasteiger partial charge in [-0.3, -0.25) is 4.79 Å². The topological polar surface area (TPSA) is 75.7 Å². The second kappa shape index (κ2) is 13.7. The van der Waals surface area contributed by atoms with Crippen LogP contribution in [-0.4, -0.2) is 38.3 Å². The van der Waals surface area contributed by atoms with Crippen LogP contribution >= 0.6 is 15.9 Å².